The number of hydrogen-bond acceptors (Lipinski definition) is 3. The van der Waals surface area contributed by atoms with Gasteiger partial charge in [-0.15, -0.1) is 0 Å². The van der Waals surface area contributed by atoms with Gasteiger partial charge in [0.1, 0.15) is 12.1 Å². The highest BCUT2D eigenvalue weighted by Crippen LogP contribution is 2.27. The van der Waals surface area contributed by atoms with Crippen LogP contribution in [0.5, 0.6) is 0 Å². The highest BCUT2D eigenvalue weighted by molar-refractivity contribution is 6.03. The highest BCUT2D eigenvalue weighted by Gasteiger charge is 2.31. The van der Waals surface area contributed by atoms with Gasteiger partial charge in [-0.25, -0.2) is 4.79 Å². The number of benzene rings is 1. The monoisotopic (exact) mass is 369 g/mol. The van der Waals surface area contributed by atoms with Gasteiger partial charge in [0, 0.05) is 17.7 Å². The van der Waals surface area contributed by atoms with Crippen molar-refractivity contribution in [2.24, 2.45) is 0 Å². The minimum atomic E-state index is -0.374. The fourth-order valence-electron chi connectivity index (χ4n) is 4.16. The van der Waals surface area contributed by atoms with Crippen LogP contribution < -0.4 is 5.32 Å². The average molecular weight is 369 g/mol. The van der Waals surface area contributed by atoms with Crippen LogP contribution in [0, 0.1) is 13.8 Å². The molecule has 0 bridgehead atoms. The highest BCUT2D eigenvalue weighted by atomic mass is 16.5. The molecule has 1 heterocycles. The van der Waals surface area contributed by atoms with Gasteiger partial charge in [0.15, 0.2) is 0 Å². The second-order valence-corrected chi connectivity index (χ2v) is 7.39. The van der Waals surface area contributed by atoms with Crippen molar-refractivity contribution in [1.29, 1.82) is 0 Å². The Balaban J connectivity index is 1.79. The number of fused-ring (bicyclic) bond motifs is 1. The number of rotatable bonds is 6. The first-order chi connectivity index (χ1) is 12.9. The van der Waals surface area contributed by atoms with Gasteiger partial charge in [-0.2, -0.15) is 0 Å². The molecule has 0 spiro atoms. The molecule has 1 aliphatic carbocycles. The number of Topliss-reactive ketones (excluding diaryl/α,β-unsaturated/α-hetero) is 1. The van der Waals surface area contributed by atoms with Crippen LogP contribution in [0.1, 0.15) is 76.0 Å². The predicted molar refractivity (Wildman–Crippen MR) is 104 cm³/mol. The molecule has 0 unspecified atom stereocenters. The number of H-pyrrole nitrogens is 1. The molecule has 0 saturated heterocycles. The first-order valence-corrected chi connectivity index (χ1v) is 9.77. The third-order valence-electron chi connectivity index (χ3n) is 5.51. The first kappa shape index (κ1) is 19.4. The summed E-state index contributed by atoms with van der Waals surface area (Å²) in [5, 5.41) is 2.17. The maximum Gasteiger partial charge on any atom is 0.340 e. The summed E-state index contributed by atoms with van der Waals surface area (Å²) in [6.45, 7) is 7.66. The molecule has 2 atom stereocenters. The minimum Gasteiger partial charge on any atom is -0.462 e. The normalized spacial score (nSPS) is 17.3. The summed E-state index contributed by atoms with van der Waals surface area (Å²) in [5.41, 5.74) is 5.10. The first-order valence-electron chi connectivity index (χ1n) is 9.77. The zero-order chi connectivity index (χ0) is 19.6. The molecule has 5 nitrogen and oxygen atoms in total. The molecule has 27 heavy (non-hydrogen) atoms. The van der Waals surface area contributed by atoms with Gasteiger partial charge < -0.3 is 15.0 Å². The van der Waals surface area contributed by atoms with E-state index in [9.17, 15) is 9.59 Å². The lowest BCUT2D eigenvalue weighted by Crippen LogP contribution is -2.92. The number of ether oxygens (including phenoxy) is 1. The summed E-state index contributed by atoms with van der Waals surface area (Å²) in [6, 6.07) is 8.59. The number of esters is 1. The van der Waals surface area contributed by atoms with Gasteiger partial charge in [0.05, 0.1) is 17.9 Å². The molecular formula is C22H29N2O3+. The largest absolute Gasteiger partial charge is 0.462 e. The fraction of sp³-hybridized carbons (Fsp3) is 0.455. The van der Waals surface area contributed by atoms with E-state index < -0.39 is 0 Å². The smallest absolute Gasteiger partial charge is 0.340 e. The zero-order valence-corrected chi connectivity index (χ0v) is 16.6. The molecule has 1 aliphatic rings. The summed E-state index contributed by atoms with van der Waals surface area (Å²) in [7, 11) is 0. The maximum atomic E-state index is 13.1. The Morgan fingerprint density at radius 1 is 1.30 bits per heavy atom. The molecule has 2 aromatic rings. The lowest BCUT2D eigenvalue weighted by Gasteiger charge is -2.25. The SMILES string of the molecule is CCOC(=O)c1c(C)[nH]c(C(=O)[C@H](C)[NH2+][C@@H]2CCCc3ccccc32)c1C. The van der Waals surface area contributed by atoms with E-state index in [-0.39, 0.29) is 17.8 Å². The molecule has 1 aromatic heterocycles. The summed E-state index contributed by atoms with van der Waals surface area (Å²) < 4.78 is 5.13. The predicted octanol–water partition coefficient (Wildman–Crippen LogP) is 3.02. The Labute approximate surface area is 160 Å². The maximum absolute atomic E-state index is 13.1. The van der Waals surface area contributed by atoms with E-state index in [2.05, 4.69) is 34.6 Å². The number of aromatic nitrogens is 1. The number of nitrogens with two attached hydrogens (primary N) is 1. The summed E-state index contributed by atoms with van der Waals surface area (Å²) in [4.78, 5) is 28.4. The van der Waals surface area contributed by atoms with E-state index >= 15 is 0 Å². The number of quaternary nitrogens is 1. The Bertz CT molecular complexity index is 853. The number of aryl methyl sites for hydroxylation is 2. The van der Waals surface area contributed by atoms with E-state index in [1.807, 2.05) is 20.8 Å². The molecule has 0 aliphatic heterocycles. The lowest BCUT2D eigenvalue weighted by molar-refractivity contribution is -0.713. The van der Waals surface area contributed by atoms with Crippen LogP contribution in [0.15, 0.2) is 24.3 Å². The lowest BCUT2D eigenvalue weighted by atomic mass is 9.87. The van der Waals surface area contributed by atoms with Crippen LogP contribution in [0.3, 0.4) is 0 Å². The van der Waals surface area contributed by atoms with Gasteiger partial charge in [-0.05, 0) is 51.7 Å². The third-order valence-corrected chi connectivity index (χ3v) is 5.51. The van der Waals surface area contributed by atoms with Crippen molar-refractivity contribution in [3.05, 3.63) is 57.9 Å². The third kappa shape index (κ3) is 3.83. The van der Waals surface area contributed by atoms with Crippen molar-refractivity contribution in [2.75, 3.05) is 6.61 Å². The summed E-state index contributed by atoms with van der Waals surface area (Å²) in [5.74, 6) is -0.352. The van der Waals surface area contributed by atoms with E-state index in [0.29, 0.717) is 35.2 Å². The fourth-order valence-corrected chi connectivity index (χ4v) is 4.16. The van der Waals surface area contributed by atoms with E-state index in [4.69, 9.17) is 4.74 Å². The number of hydrogen-bond donors (Lipinski definition) is 2. The number of aromatic amines is 1. The van der Waals surface area contributed by atoms with Crippen LogP contribution in [-0.4, -0.2) is 29.4 Å². The van der Waals surface area contributed by atoms with Crippen molar-refractivity contribution >= 4 is 11.8 Å². The number of carbonyl (C=O) groups is 2. The number of ketones is 1. The second kappa shape index (κ2) is 8.09. The molecule has 3 rings (SSSR count). The van der Waals surface area contributed by atoms with Crippen LogP contribution in [0.25, 0.3) is 0 Å². The van der Waals surface area contributed by atoms with E-state index in [0.717, 1.165) is 19.3 Å². The van der Waals surface area contributed by atoms with Gasteiger partial charge in [0.25, 0.3) is 0 Å². The molecule has 3 N–H and O–H groups in total. The Hall–Kier alpha value is -2.40. The standard InChI is InChI=1S/C22H28N2O3/c1-5-27-22(26)19-13(2)20(24-14(19)3)21(25)15(4)23-18-12-8-10-16-9-6-7-11-17(16)18/h6-7,9,11,15,18,23-24H,5,8,10,12H2,1-4H3/p+1/t15-,18+/m0/s1. The van der Waals surface area contributed by atoms with E-state index in [1.54, 1.807) is 6.92 Å². The molecular weight excluding hydrogens is 340 g/mol. The molecule has 5 heteroatoms. The van der Waals surface area contributed by atoms with Gasteiger partial charge in [0.2, 0.25) is 5.78 Å². The Kier molecular flexibility index (Phi) is 5.80. The summed E-state index contributed by atoms with van der Waals surface area (Å²) >= 11 is 0. The molecule has 0 fully saturated rings. The summed E-state index contributed by atoms with van der Waals surface area (Å²) in [6.07, 6.45) is 3.33. The molecule has 144 valence electrons. The van der Waals surface area contributed by atoms with Gasteiger partial charge in [-0.3, -0.25) is 4.79 Å². The van der Waals surface area contributed by atoms with Crippen molar-refractivity contribution in [3.63, 3.8) is 0 Å². The van der Waals surface area contributed by atoms with Crippen molar-refractivity contribution < 1.29 is 19.6 Å². The van der Waals surface area contributed by atoms with Crippen LogP contribution in [0.2, 0.25) is 0 Å². The van der Waals surface area contributed by atoms with E-state index in [1.165, 1.54) is 11.1 Å². The van der Waals surface area contributed by atoms with Crippen molar-refractivity contribution in [1.82, 2.24) is 4.98 Å². The molecule has 0 amide bonds. The topological polar surface area (TPSA) is 75.8 Å². The van der Waals surface area contributed by atoms with Gasteiger partial charge >= 0.3 is 5.97 Å². The molecule has 1 aromatic carbocycles. The van der Waals surface area contributed by atoms with Crippen LogP contribution in [0.4, 0.5) is 0 Å². The van der Waals surface area contributed by atoms with Crippen molar-refractivity contribution in [2.45, 2.75) is 59.0 Å². The van der Waals surface area contributed by atoms with Crippen LogP contribution >= 0.6 is 0 Å². The molecule has 0 radical (unpaired) electrons. The zero-order valence-electron chi connectivity index (χ0n) is 16.6. The van der Waals surface area contributed by atoms with Gasteiger partial charge in [-0.1, -0.05) is 24.3 Å². The Morgan fingerprint density at radius 3 is 2.78 bits per heavy atom. The molecule has 0 saturated carbocycles. The van der Waals surface area contributed by atoms with Crippen molar-refractivity contribution in [3.8, 4) is 0 Å². The number of carbonyl (C=O) groups excluding carboxylic acids is 2. The average Bonchev–Trinajstić information content (AvgIpc) is 2.95. The second-order valence-electron chi connectivity index (χ2n) is 7.39. The Morgan fingerprint density at radius 2 is 2.04 bits per heavy atom. The minimum absolute atomic E-state index is 0.0224. The number of nitrogens with one attached hydrogen (secondary N) is 1. The van der Waals surface area contributed by atoms with Crippen LogP contribution in [-0.2, 0) is 11.2 Å². The quantitative estimate of drug-likeness (QED) is 0.607.